The second-order valence-corrected chi connectivity index (χ2v) is 3.62. The van der Waals surface area contributed by atoms with Crippen LogP contribution in [0, 0.1) is 5.82 Å². The van der Waals surface area contributed by atoms with E-state index in [0.717, 1.165) is 5.56 Å². The van der Waals surface area contributed by atoms with Crippen LogP contribution in [0.3, 0.4) is 0 Å². The number of carbonyl (C=O) groups is 1. The summed E-state index contributed by atoms with van der Waals surface area (Å²) in [7, 11) is 0. The molecule has 0 aromatic heterocycles. The van der Waals surface area contributed by atoms with Crippen molar-refractivity contribution in [1.82, 2.24) is 4.90 Å². The van der Waals surface area contributed by atoms with Gasteiger partial charge in [0.2, 0.25) is 0 Å². The van der Waals surface area contributed by atoms with Gasteiger partial charge in [0.05, 0.1) is 6.54 Å². The topological polar surface area (TPSA) is 29.5 Å². The average Bonchev–Trinajstić information content (AvgIpc) is 2.62. The highest BCUT2D eigenvalue weighted by Gasteiger charge is 2.31. The molecular formula is C12H12FNO2. The second kappa shape index (κ2) is 4.35. The van der Waals surface area contributed by atoms with E-state index >= 15 is 0 Å². The van der Waals surface area contributed by atoms with E-state index < -0.39 is 0 Å². The minimum atomic E-state index is -0.353. The van der Waals surface area contributed by atoms with Gasteiger partial charge >= 0.3 is 6.09 Å². The number of cyclic esters (lactones) is 1. The Morgan fingerprint density at radius 1 is 1.50 bits per heavy atom. The van der Waals surface area contributed by atoms with Crippen molar-refractivity contribution < 1.29 is 13.9 Å². The molecule has 0 spiro atoms. The van der Waals surface area contributed by atoms with Crippen LogP contribution in [0.4, 0.5) is 9.18 Å². The number of ether oxygens (including phenoxy) is 1. The van der Waals surface area contributed by atoms with Crippen LogP contribution in [0.1, 0.15) is 11.7 Å². The largest absolute Gasteiger partial charge is 0.439 e. The molecule has 1 aromatic rings. The second-order valence-electron chi connectivity index (χ2n) is 3.62. The molecule has 4 heteroatoms. The van der Waals surface area contributed by atoms with E-state index in [-0.39, 0.29) is 18.0 Å². The van der Waals surface area contributed by atoms with Gasteiger partial charge in [0.25, 0.3) is 0 Å². The summed E-state index contributed by atoms with van der Waals surface area (Å²) < 4.78 is 17.9. The summed E-state index contributed by atoms with van der Waals surface area (Å²) in [6, 6.07) is 5.98. The molecule has 2 rings (SSSR count). The van der Waals surface area contributed by atoms with Gasteiger partial charge in [-0.15, -0.1) is 6.58 Å². The van der Waals surface area contributed by atoms with Gasteiger partial charge in [-0.1, -0.05) is 18.2 Å². The van der Waals surface area contributed by atoms with Crippen LogP contribution < -0.4 is 0 Å². The first-order valence-corrected chi connectivity index (χ1v) is 5.02. The Kier molecular flexibility index (Phi) is 2.90. The Morgan fingerprint density at radius 3 is 2.81 bits per heavy atom. The zero-order valence-corrected chi connectivity index (χ0v) is 8.73. The van der Waals surface area contributed by atoms with Gasteiger partial charge in [-0.05, 0) is 17.7 Å². The van der Waals surface area contributed by atoms with E-state index in [0.29, 0.717) is 13.1 Å². The van der Waals surface area contributed by atoms with E-state index in [1.807, 2.05) is 0 Å². The monoisotopic (exact) mass is 221 g/mol. The van der Waals surface area contributed by atoms with Crippen molar-refractivity contribution >= 4 is 6.09 Å². The average molecular weight is 221 g/mol. The van der Waals surface area contributed by atoms with Crippen LogP contribution in [-0.2, 0) is 4.74 Å². The molecule has 1 fully saturated rings. The molecule has 0 saturated carbocycles. The lowest BCUT2D eigenvalue weighted by Crippen LogP contribution is -2.24. The van der Waals surface area contributed by atoms with Crippen LogP contribution in [0.5, 0.6) is 0 Å². The minimum absolute atomic E-state index is 0.295. The minimum Gasteiger partial charge on any atom is -0.439 e. The summed E-state index contributed by atoms with van der Waals surface area (Å²) in [5, 5.41) is 0. The summed E-state index contributed by atoms with van der Waals surface area (Å²) in [5.74, 6) is -0.295. The first kappa shape index (κ1) is 10.7. The Bertz CT molecular complexity index is 402. The smallest absolute Gasteiger partial charge is 0.410 e. The van der Waals surface area contributed by atoms with E-state index in [1.165, 1.54) is 12.1 Å². The summed E-state index contributed by atoms with van der Waals surface area (Å²) in [6.07, 6.45) is 0.983. The molecule has 1 heterocycles. The van der Waals surface area contributed by atoms with E-state index in [4.69, 9.17) is 4.74 Å². The third kappa shape index (κ3) is 2.05. The maximum atomic E-state index is 12.7. The van der Waals surface area contributed by atoms with Crippen molar-refractivity contribution in [2.24, 2.45) is 0 Å². The maximum absolute atomic E-state index is 12.7. The lowest BCUT2D eigenvalue weighted by atomic mass is 10.1. The highest BCUT2D eigenvalue weighted by Crippen LogP contribution is 2.25. The summed E-state index contributed by atoms with van der Waals surface area (Å²) in [5.41, 5.74) is 0.807. The van der Waals surface area contributed by atoms with Crippen LogP contribution in [-0.4, -0.2) is 24.1 Å². The summed E-state index contributed by atoms with van der Waals surface area (Å²) in [4.78, 5) is 13.0. The number of hydrogen-bond donors (Lipinski definition) is 0. The standard InChI is InChI=1S/C12H12FNO2/c1-2-7-14-8-11(16-12(14)15)9-3-5-10(13)6-4-9/h2-6,11H,1,7-8H2/t11-/m0/s1. The SMILES string of the molecule is C=CCN1C[C@@H](c2ccc(F)cc2)OC1=O. The predicted molar refractivity (Wildman–Crippen MR) is 57.4 cm³/mol. The van der Waals surface area contributed by atoms with Gasteiger partial charge in [-0.3, -0.25) is 0 Å². The van der Waals surface area contributed by atoms with Crippen LogP contribution in [0.15, 0.2) is 36.9 Å². The molecule has 1 aliphatic rings. The van der Waals surface area contributed by atoms with Crippen LogP contribution in [0.2, 0.25) is 0 Å². The molecule has 1 aromatic carbocycles. The number of halogens is 1. The fraction of sp³-hybridized carbons (Fsp3) is 0.250. The van der Waals surface area contributed by atoms with Crippen LogP contribution in [0.25, 0.3) is 0 Å². The van der Waals surface area contributed by atoms with Gasteiger partial charge < -0.3 is 9.64 Å². The van der Waals surface area contributed by atoms with Gasteiger partial charge in [-0.25, -0.2) is 9.18 Å². The van der Waals surface area contributed by atoms with Gasteiger partial charge in [0.15, 0.2) is 0 Å². The van der Waals surface area contributed by atoms with Gasteiger partial charge in [0.1, 0.15) is 11.9 Å². The number of benzene rings is 1. The Hall–Kier alpha value is -1.84. The van der Waals surface area contributed by atoms with Gasteiger partial charge in [0, 0.05) is 6.54 Å². The Balaban J connectivity index is 2.10. The molecular weight excluding hydrogens is 209 g/mol. The highest BCUT2D eigenvalue weighted by molar-refractivity contribution is 5.70. The van der Waals surface area contributed by atoms with Crippen molar-refractivity contribution in [3.63, 3.8) is 0 Å². The predicted octanol–water partition coefficient (Wildman–Crippen LogP) is 2.51. The molecule has 1 amide bonds. The normalized spacial score (nSPS) is 19.7. The quantitative estimate of drug-likeness (QED) is 0.734. The zero-order valence-electron chi connectivity index (χ0n) is 8.73. The Morgan fingerprint density at radius 2 is 2.19 bits per heavy atom. The van der Waals surface area contributed by atoms with Gasteiger partial charge in [-0.2, -0.15) is 0 Å². The lowest BCUT2D eigenvalue weighted by molar-refractivity contribution is 0.134. The fourth-order valence-electron chi connectivity index (χ4n) is 1.66. The zero-order chi connectivity index (χ0) is 11.5. The molecule has 3 nitrogen and oxygen atoms in total. The third-order valence-corrected chi connectivity index (χ3v) is 2.48. The molecule has 1 saturated heterocycles. The number of nitrogens with zero attached hydrogens (tertiary/aromatic N) is 1. The number of amides is 1. The summed E-state index contributed by atoms with van der Waals surface area (Å²) in [6.45, 7) is 4.52. The highest BCUT2D eigenvalue weighted by atomic mass is 19.1. The van der Waals surface area contributed by atoms with E-state index in [1.54, 1.807) is 23.1 Å². The van der Waals surface area contributed by atoms with Crippen LogP contribution >= 0.6 is 0 Å². The number of rotatable bonds is 3. The van der Waals surface area contributed by atoms with Crippen molar-refractivity contribution in [2.45, 2.75) is 6.10 Å². The third-order valence-electron chi connectivity index (χ3n) is 2.48. The molecule has 84 valence electrons. The molecule has 1 aliphatic heterocycles. The molecule has 0 radical (unpaired) electrons. The first-order valence-electron chi connectivity index (χ1n) is 5.02. The fourth-order valence-corrected chi connectivity index (χ4v) is 1.66. The number of carbonyl (C=O) groups excluding carboxylic acids is 1. The van der Waals surface area contributed by atoms with Crippen molar-refractivity contribution in [3.05, 3.63) is 48.3 Å². The molecule has 1 atom stereocenters. The maximum Gasteiger partial charge on any atom is 0.410 e. The lowest BCUT2D eigenvalue weighted by Gasteiger charge is -2.09. The van der Waals surface area contributed by atoms with E-state index in [9.17, 15) is 9.18 Å². The molecule has 16 heavy (non-hydrogen) atoms. The molecule has 0 aliphatic carbocycles. The molecule has 0 N–H and O–H groups in total. The number of hydrogen-bond acceptors (Lipinski definition) is 2. The van der Waals surface area contributed by atoms with Crippen molar-refractivity contribution in [2.75, 3.05) is 13.1 Å². The van der Waals surface area contributed by atoms with Crippen molar-refractivity contribution in [3.8, 4) is 0 Å². The molecule has 0 unspecified atom stereocenters. The molecule has 0 bridgehead atoms. The Labute approximate surface area is 93.1 Å². The van der Waals surface area contributed by atoms with E-state index in [2.05, 4.69) is 6.58 Å². The van der Waals surface area contributed by atoms with Crippen molar-refractivity contribution in [1.29, 1.82) is 0 Å². The summed E-state index contributed by atoms with van der Waals surface area (Å²) >= 11 is 0. The first-order chi connectivity index (χ1) is 7.70.